The third-order valence-corrected chi connectivity index (χ3v) is 5.41. The van der Waals surface area contributed by atoms with Crippen LogP contribution in [0.4, 0.5) is 5.69 Å². The van der Waals surface area contributed by atoms with Gasteiger partial charge in [-0.05, 0) is 36.4 Å². The molecule has 7 heteroatoms. The summed E-state index contributed by atoms with van der Waals surface area (Å²) in [7, 11) is 0. The average Bonchev–Trinajstić information content (AvgIpc) is 3.12. The van der Waals surface area contributed by atoms with E-state index in [-0.39, 0.29) is 12.5 Å². The molecule has 1 aliphatic rings. The Kier molecular flexibility index (Phi) is 4.88. The zero-order valence-electron chi connectivity index (χ0n) is 16.0. The van der Waals surface area contributed by atoms with Gasteiger partial charge in [-0.3, -0.25) is 4.79 Å². The summed E-state index contributed by atoms with van der Waals surface area (Å²) in [5.74, 6) is 1.94. The molecule has 30 heavy (non-hydrogen) atoms. The summed E-state index contributed by atoms with van der Waals surface area (Å²) in [5, 5.41) is 2.95. The fourth-order valence-corrected chi connectivity index (χ4v) is 3.78. The van der Waals surface area contributed by atoms with Crippen molar-refractivity contribution in [3.05, 3.63) is 71.2 Å². The maximum atomic E-state index is 12.9. The van der Waals surface area contributed by atoms with Gasteiger partial charge in [0.05, 0.1) is 11.0 Å². The van der Waals surface area contributed by atoms with Gasteiger partial charge in [0.2, 0.25) is 5.91 Å². The summed E-state index contributed by atoms with van der Waals surface area (Å²) in [6.45, 7) is 1.17. The number of hydrogen-bond donors (Lipinski definition) is 1. The maximum Gasteiger partial charge on any atom is 0.244 e. The highest BCUT2D eigenvalue weighted by Gasteiger charge is 2.17. The standard InChI is InChI=1S/C23H18BrN3O3/c24-16-7-5-15(6-8-16)23-26-18-3-1-2-4-19(18)27(23)14-22(28)25-17-9-10-20-21(13-17)30-12-11-29-20/h1-10,13H,11-12,14H2,(H,25,28). The van der Waals surface area contributed by atoms with Crippen molar-refractivity contribution in [1.29, 1.82) is 0 Å². The van der Waals surface area contributed by atoms with E-state index in [4.69, 9.17) is 14.5 Å². The second kappa shape index (κ2) is 7.84. The third kappa shape index (κ3) is 3.64. The molecule has 150 valence electrons. The number of nitrogens with one attached hydrogen (secondary N) is 1. The molecule has 0 radical (unpaired) electrons. The first-order chi connectivity index (χ1) is 14.7. The van der Waals surface area contributed by atoms with E-state index in [1.165, 1.54) is 0 Å². The summed E-state index contributed by atoms with van der Waals surface area (Å²) >= 11 is 3.46. The molecule has 0 atom stereocenters. The van der Waals surface area contributed by atoms with Crippen molar-refractivity contribution in [2.75, 3.05) is 18.5 Å². The molecule has 1 aromatic heterocycles. The van der Waals surface area contributed by atoms with Crippen LogP contribution in [0.15, 0.2) is 71.2 Å². The number of rotatable bonds is 4. The number of ether oxygens (including phenoxy) is 2. The molecule has 0 unspecified atom stereocenters. The number of amides is 1. The molecule has 0 saturated carbocycles. The summed E-state index contributed by atoms with van der Waals surface area (Å²) in [6, 6.07) is 21.1. The molecule has 4 aromatic rings. The molecule has 1 aliphatic heterocycles. The summed E-state index contributed by atoms with van der Waals surface area (Å²) in [5.41, 5.74) is 3.37. The van der Waals surface area contributed by atoms with Crippen molar-refractivity contribution in [2.24, 2.45) is 0 Å². The molecule has 0 fully saturated rings. The van der Waals surface area contributed by atoms with Crippen LogP contribution >= 0.6 is 15.9 Å². The van der Waals surface area contributed by atoms with Gasteiger partial charge >= 0.3 is 0 Å². The first kappa shape index (κ1) is 18.7. The minimum atomic E-state index is -0.145. The van der Waals surface area contributed by atoms with Crippen molar-refractivity contribution in [1.82, 2.24) is 9.55 Å². The van der Waals surface area contributed by atoms with Crippen molar-refractivity contribution in [2.45, 2.75) is 6.54 Å². The van der Waals surface area contributed by atoms with Gasteiger partial charge < -0.3 is 19.4 Å². The van der Waals surface area contributed by atoms with Crippen LogP contribution in [0.1, 0.15) is 0 Å². The van der Waals surface area contributed by atoms with Gasteiger partial charge in [-0.15, -0.1) is 0 Å². The van der Waals surface area contributed by atoms with Crippen LogP contribution in [0, 0.1) is 0 Å². The first-order valence-electron chi connectivity index (χ1n) is 9.58. The first-order valence-corrected chi connectivity index (χ1v) is 10.4. The average molecular weight is 464 g/mol. The number of hydrogen-bond acceptors (Lipinski definition) is 4. The Balaban J connectivity index is 1.45. The molecular formula is C23H18BrN3O3. The Morgan fingerprint density at radius 3 is 2.60 bits per heavy atom. The number of anilines is 1. The number of imidazole rings is 1. The number of benzene rings is 3. The van der Waals surface area contributed by atoms with Crippen molar-refractivity contribution in [3.63, 3.8) is 0 Å². The smallest absolute Gasteiger partial charge is 0.244 e. The van der Waals surface area contributed by atoms with Gasteiger partial charge in [0.1, 0.15) is 25.6 Å². The second-order valence-electron chi connectivity index (χ2n) is 6.92. The van der Waals surface area contributed by atoms with E-state index in [2.05, 4.69) is 21.2 Å². The molecule has 2 heterocycles. The van der Waals surface area contributed by atoms with E-state index >= 15 is 0 Å². The molecule has 0 aliphatic carbocycles. The number of carbonyl (C=O) groups is 1. The third-order valence-electron chi connectivity index (χ3n) is 4.88. The maximum absolute atomic E-state index is 12.9. The lowest BCUT2D eigenvalue weighted by Crippen LogP contribution is -2.20. The minimum absolute atomic E-state index is 0.139. The van der Waals surface area contributed by atoms with E-state index in [1.807, 2.05) is 65.2 Å². The summed E-state index contributed by atoms with van der Waals surface area (Å²) in [4.78, 5) is 17.7. The van der Waals surface area contributed by atoms with E-state index in [0.717, 1.165) is 26.9 Å². The lowest BCUT2D eigenvalue weighted by Gasteiger charge is -2.19. The number of aromatic nitrogens is 2. The van der Waals surface area contributed by atoms with Crippen molar-refractivity contribution in [3.8, 4) is 22.9 Å². The molecule has 1 amide bonds. The van der Waals surface area contributed by atoms with Gasteiger partial charge in [-0.2, -0.15) is 0 Å². The normalized spacial score (nSPS) is 12.7. The minimum Gasteiger partial charge on any atom is -0.486 e. The lowest BCUT2D eigenvalue weighted by atomic mass is 10.2. The predicted octanol–water partition coefficient (Wildman–Crippen LogP) is 4.88. The van der Waals surface area contributed by atoms with Crippen LogP contribution < -0.4 is 14.8 Å². The van der Waals surface area contributed by atoms with Crippen molar-refractivity contribution < 1.29 is 14.3 Å². The highest BCUT2D eigenvalue weighted by atomic mass is 79.9. The molecule has 0 saturated heterocycles. The van der Waals surface area contributed by atoms with Crippen LogP contribution in [-0.2, 0) is 11.3 Å². The zero-order chi connectivity index (χ0) is 20.5. The number of halogens is 1. The number of nitrogens with zero attached hydrogens (tertiary/aromatic N) is 2. The Labute approximate surface area is 181 Å². The number of carbonyl (C=O) groups excluding carboxylic acids is 1. The van der Waals surface area contributed by atoms with Crippen LogP contribution in [0.2, 0.25) is 0 Å². The van der Waals surface area contributed by atoms with E-state index < -0.39 is 0 Å². The Morgan fingerprint density at radius 2 is 1.77 bits per heavy atom. The predicted molar refractivity (Wildman–Crippen MR) is 119 cm³/mol. The Bertz CT molecular complexity index is 1230. The molecule has 3 aromatic carbocycles. The second-order valence-corrected chi connectivity index (χ2v) is 7.84. The number of para-hydroxylation sites is 2. The van der Waals surface area contributed by atoms with Gasteiger partial charge in [0.15, 0.2) is 11.5 Å². The quantitative estimate of drug-likeness (QED) is 0.468. The molecular weight excluding hydrogens is 446 g/mol. The summed E-state index contributed by atoms with van der Waals surface area (Å²) in [6.07, 6.45) is 0. The Morgan fingerprint density at radius 1 is 1.00 bits per heavy atom. The zero-order valence-corrected chi connectivity index (χ0v) is 17.6. The van der Waals surface area contributed by atoms with Gasteiger partial charge in [0, 0.05) is 21.8 Å². The van der Waals surface area contributed by atoms with Gasteiger partial charge in [-0.25, -0.2) is 4.98 Å². The van der Waals surface area contributed by atoms with Crippen molar-refractivity contribution >= 4 is 38.6 Å². The molecule has 0 spiro atoms. The number of fused-ring (bicyclic) bond motifs is 2. The molecule has 1 N–H and O–H groups in total. The van der Waals surface area contributed by atoms with Gasteiger partial charge in [-0.1, -0.05) is 40.2 Å². The van der Waals surface area contributed by atoms with Crippen LogP contribution in [0.3, 0.4) is 0 Å². The molecule has 0 bridgehead atoms. The van der Waals surface area contributed by atoms with E-state index in [0.29, 0.717) is 30.4 Å². The van der Waals surface area contributed by atoms with E-state index in [9.17, 15) is 4.79 Å². The van der Waals surface area contributed by atoms with Crippen LogP contribution in [0.25, 0.3) is 22.4 Å². The lowest BCUT2D eigenvalue weighted by molar-refractivity contribution is -0.116. The fourth-order valence-electron chi connectivity index (χ4n) is 3.52. The Hall–Kier alpha value is -3.32. The SMILES string of the molecule is O=C(Cn1c(-c2ccc(Br)cc2)nc2ccccc21)Nc1ccc2c(c1)OCCO2. The summed E-state index contributed by atoms with van der Waals surface area (Å²) < 4.78 is 14.1. The largest absolute Gasteiger partial charge is 0.486 e. The highest BCUT2D eigenvalue weighted by molar-refractivity contribution is 9.10. The van der Waals surface area contributed by atoms with Crippen LogP contribution in [0.5, 0.6) is 11.5 Å². The highest BCUT2D eigenvalue weighted by Crippen LogP contribution is 2.33. The van der Waals surface area contributed by atoms with Gasteiger partial charge in [0.25, 0.3) is 0 Å². The molecule has 5 rings (SSSR count). The molecule has 6 nitrogen and oxygen atoms in total. The topological polar surface area (TPSA) is 65.4 Å². The fraction of sp³-hybridized carbons (Fsp3) is 0.130. The van der Waals surface area contributed by atoms with E-state index in [1.54, 1.807) is 6.07 Å². The van der Waals surface area contributed by atoms with Crippen LogP contribution in [-0.4, -0.2) is 28.7 Å². The monoisotopic (exact) mass is 463 g/mol.